The summed E-state index contributed by atoms with van der Waals surface area (Å²) in [7, 11) is -2.99. The number of fused-ring (bicyclic) bond motifs is 1. The smallest absolute Gasteiger partial charge is 0.437 e. The summed E-state index contributed by atoms with van der Waals surface area (Å²) < 4.78 is 79.9. The number of oxime groups is 1. The molecule has 0 saturated heterocycles. The SMILES string of the molecule is CCCS(=O)(=O)O/N=C(\c1c(-c2ccccc2)c2ccc(OC)cc2oc1=O)C(F)(F)F. The lowest BCUT2D eigenvalue weighted by Gasteiger charge is -2.15. The van der Waals surface area contributed by atoms with Gasteiger partial charge in [-0.25, -0.2) is 4.79 Å². The molecule has 0 spiro atoms. The van der Waals surface area contributed by atoms with E-state index in [0.29, 0.717) is 5.75 Å². The van der Waals surface area contributed by atoms with Gasteiger partial charge >= 0.3 is 21.9 Å². The van der Waals surface area contributed by atoms with Crippen molar-refractivity contribution in [1.29, 1.82) is 0 Å². The lowest BCUT2D eigenvalue weighted by atomic mass is 9.94. The van der Waals surface area contributed by atoms with Gasteiger partial charge in [-0.3, -0.25) is 4.28 Å². The van der Waals surface area contributed by atoms with Crippen molar-refractivity contribution >= 4 is 26.8 Å². The number of ether oxygens (including phenoxy) is 1. The molecule has 2 aromatic carbocycles. The first kappa shape index (κ1) is 23.3. The molecule has 1 heterocycles. The highest BCUT2D eigenvalue weighted by molar-refractivity contribution is 7.86. The van der Waals surface area contributed by atoms with Crippen LogP contribution in [0.25, 0.3) is 22.1 Å². The molecule has 0 amide bonds. The summed E-state index contributed by atoms with van der Waals surface area (Å²) in [6.07, 6.45) is -5.12. The number of benzene rings is 2. The van der Waals surface area contributed by atoms with Crippen molar-refractivity contribution < 1.29 is 35.0 Å². The number of hydrogen-bond acceptors (Lipinski definition) is 7. The fourth-order valence-corrected chi connectivity index (χ4v) is 3.81. The van der Waals surface area contributed by atoms with Crippen LogP contribution >= 0.6 is 0 Å². The Morgan fingerprint density at radius 1 is 1.12 bits per heavy atom. The van der Waals surface area contributed by atoms with Crippen molar-refractivity contribution in [3.05, 3.63) is 64.5 Å². The Labute approximate surface area is 181 Å². The number of methoxy groups -OCH3 is 1. The molecular weight excluding hydrogens is 451 g/mol. The summed E-state index contributed by atoms with van der Waals surface area (Å²) in [5.74, 6) is -0.217. The summed E-state index contributed by atoms with van der Waals surface area (Å²) >= 11 is 0. The minimum atomic E-state index is -5.22. The van der Waals surface area contributed by atoms with E-state index >= 15 is 0 Å². The zero-order valence-electron chi connectivity index (χ0n) is 17.0. The van der Waals surface area contributed by atoms with E-state index in [1.807, 2.05) is 0 Å². The van der Waals surface area contributed by atoms with Gasteiger partial charge in [0.1, 0.15) is 16.9 Å². The van der Waals surface area contributed by atoms with Gasteiger partial charge in [0.05, 0.1) is 12.9 Å². The minimum absolute atomic E-state index is 0.0157. The maximum atomic E-state index is 14.0. The first-order valence-electron chi connectivity index (χ1n) is 9.34. The van der Waals surface area contributed by atoms with Crippen LogP contribution in [0, 0.1) is 0 Å². The molecule has 3 aromatic rings. The molecule has 11 heteroatoms. The molecule has 0 unspecified atom stereocenters. The van der Waals surface area contributed by atoms with Gasteiger partial charge in [0.15, 0.2) is 5.71 Å². The highest BCUT2D eigenvalue weighted by Gasteiger charge is 2.42. The molecule has 0 N–H and O–H groups in total. The molecule has 0 aliphatic rings. The molecule has 0 radical (unpaired) electrons. The Morgan fingerprint density at radius 2 is 1.81 bits per heavy atom. The van der Waals surface area contributed by atoms with Crippen LogP contribution in [0.15, 0.2) is 62.9 Å². The predicted octanol–water partition coefficient (Wildman–Crippen LogP) is 4.49. The van der Waals surface area contributed by atoms with E-state index in [4.69, 9.17) is 9.15 Å². The van der Waals surface area contributed by atoms with Gasteiger partial charge < -0.3 is 9.15 Å². The van der Waals surface area contributed by atoms with Crippen LogP contribution in [0.3, 0.4) is 0 Å². The molecule has 3 rings (SSSR count). The molecule has 170 valence electrons. The molecule has 32 heavy (non-hydrogen) atoms. The molecule has 0 fully saturated rings. The Bertz CT molecular complexity index is 1320. The van der Waals surface area contributed by atoms with E-state index < -0.39 is 38.9 Å². The van der Waals surface area contributed by atoms with Crippen LogP contribution in [-0.4, -0.2) is 33.2 Å². The zero-order valence-corrected chi connectivity index (χ0v) is 17.8. The Kier molecular flexibility index (Phi) is 6.58. The molecule has 0 aliphatic carbocycles. The monoisotopic (exact) mass is 469 g/mol. The van der Waals surface area contributed by atoms with Gasteiger partial charge in [0.2, 0.25) is 0 Å². The van der Waals surface area contributed by atoms with Gasteiger partial charge in [0, 0.05) is 17.0 Å². The van der Waals surface area contributed by atoms with E-state index in [9.17, 15) is 26.4 Å². The van der Waals surface area contributed by atoms with Crippen molar-refractivity contribution in [2.24, 2.45) is 5.16 Å². The number of hydrogen-bond donors (Lipinski definition) is 0. The van der Waals surface area contributed by atoms with Crippen LogP contribution in [0.2, 0.25) is 0 Å². The summed E-state index contributed by atoms with van der Waals surface area (Å²) in [6, 6.07) is 12.1. The second-order valence-corrected chi connectivity index (χ2v) is 8.31. The third kappa shape index (κ3) is 4.93. The zero-order chi connectivity index (χ0) is 23.5. The highest BCUT2D eigenvalue weighted by atomic mass is 32.2. The topological polar surface area (TPSA) is 95.2 Å². The lowest BCUT2D eigenvalue weighted by molar-refractivity contribution is -0.0598. The summed E-state index contributed by atoms with van der Waals surface area (Å²) in [5, 5.41) is 3.03. The van der Waals surface area contributed by atoms with Gasteiger partial charge in [0.25, 0.3) is 0 Å². The van der Waals surface area contributed by atoms with E-state index in [1.165, 1.54) is 44.4 Å². The van der Waals surface area contributed by atoms with Crippen LogP contribution in [-0.2, 0) is 14.4 Å². The molecule has 1 aromatic heterocycles. The fraction of sp³-hybridized carbons (Fsp3) is 0.238. The van der Waals surface area contributed by atoms with Crippen LogP contribution < -0.4 is 10.4 Å². The third-order valence-corrected chi connectivity index (χ3v) is 5.59. The van der Waals surface area contributed by atoms with Crippen molar-refractivity contribution in [2.75, 3.05) is 12.9 Å². The van der Waals surface area contributed by atoms with Crippen LogP contribution in [0.5, 0.6) is 5.75 Å². The number of rotatable bonds is 7. The standard InChI is InChI=1S/C21H18F3NO6S/c1-3-11-32(27,28)31-25-19(21(22,23)24)18-17(13-7-5-4-6-8-13)15-10-9-14(29-2)12-16(15)30-20(18)26/h4-10,12H,3,11H2,1-2H3/b25-19+. The van der Waals surface area contributed by atoms with E-state index in [0.717, 1.165) is 0 Å². The number of nitrogens with zero attached hydrogens (tertiary/aromatic N) is 1. The normalized spacial score (nSPS) is 12.7. The molecule has 0 atom stereocenters. The molecule has 0 bridgehead atoms. The molecular formula is C21H18F3NO6S. The average molecular weight is 469 g/mol. The number of halogens is 3. The number of alkyl halides is 3. The largest absolute Gasteiger partial charge is 0.497 e. The molecule has 7 nitrogen and oxygen atoms in total. The second-order valence-electron chi connectivity index (χ2n) is 6.64. The average Bonchev–Trinajstić information content (AvgIpc) is 2.73. The maximum Gasteiger partial charge on any atom is 0.437 e. The van der Waals surface area contributed by atoms with Gasteiger partial charge in [-0.1, -0.05) is 42.4 Å². The lowest BCUT2D eigenvalue weighted by Crippen LogP contribution is -2.31. The third-order valence-electron chi connectivity index (χ3n) is 4.38. The van der Waals surface area contributed by atoms with Crippen molar-refractivity contribution in [2.45, 2.75) is 19.5 Å². The summed E-state index contributed by atoms with van der Waals surface area (Å²) in [4.78, 5) is 12.8. The van der Waals surface area contributed by atoms with Crippen molar-refractivity contribution in [1.82, 2.24) is 0 Å². The highest BCUT2D eigenvalue weighted by Crippen LogP contribution is 2.35. The van der Waals surface area contributed by atoms with E-state index in [2.05, 4.69) is 9.44 Å². The Hall–Kier alpha value is -3.34. The first-order chi connectivity index (χ1) is 15.1. The summed E-state index contributed by atoms with van der Waals surface area (Å²) in [5.41, 5.74) is -4.03. The van der Waals surface area contributed by atoms with Gasteiger partial charge in [-0.15, -0.1) is 0 Å². The van der Waals surface area contributed by atoms with E-state index in [-0.39, 0.29) is 28.5 Å². The van der Waals surface area contributed by atoms with Crippen molar-refractivity contribution in [3.63, 3.8) is 0 Å². The van der Waals surface area contributed by atoms with Crippen molar-refractivity contribution in [3.8, 4) is 16.9 Å². The van der Waals surface area contributed by atoms with Crippen LogP contribution in [0.4, 0.5) is 13.2 Å². The van der Waals surface area contributed by atoms with Crippen LogP contribution in [0.1, 0.15) is 18.9 Å². The quantitative estimate of drug-likeness (QED) is 0.287. The second kappa shape index (κ2) is 9.03. The molecule has 0 saturated carbocycles. The fourth-order valence-electron chi connectivity index (χ4n) is 3.05. The van der Waals surface area contributed by atoms with E-state index in [1.54, 1.807) is 18.2 Å². The Balaban J connectivity index is 2.39. The first-order valence-corrected chi connectivity index (χ1v) is 10.9. The van der Waals surface area contributed by atoms with Gasteiger partial charge in [-0.05, 0) is 24.1 Å². The van der Waals surface area contributed by atoms with Gasteiger partial charge in [-0.2, -0.15) is 21.6 Å². The maximum absolute atomic E-state index is 14.0. The molecule has 0 aliphatic heterocycles. The minimum Gasteiger partial charge on any atom is -0.497 e. The summed E-state index contributed by atoms with van der Waals surface area (Å²) in [6.45, 7) is 1.51. The Morgan fingerprint density at radius 3 is 2.41 bits per heavy atom. The predicted molar refractivity (Wildman–Crippen MR) is 112 cm³/mol.